The fourth-order valence-corrected chi connectivity index (χ4v) is 4.73. The van der Waals surface area contributed by atoms with E-state index in [1.54, 1.807) is 24.3 Å². The van der Waals surface area contributed by atoms with E-state index in [0.29, 0.717) is 17.9 Å². The van der Waals surface area contributed by atoms with Crippen molar-refractivity contribution < 1.29 is 190 Å². The number of ether oxygens (including phenoxy) is 1. The molecule has 0 fully saturated rings. The number of benzene rings is 2. The van der Waals surface area contributed by atoms with Crippen LogP contribution in [0.2, 0.25) is 0 Å². The van der Waals surface area contributed by atoms with Crippen molar-refractivity contribution in [3.05, 3.63) is 60.2 Å². The minimum Gasteiger partial charge on any atom is -1.00 e. The zero-order valence-electron chi connectivity index (χ0n) is 19.2. The molecule has 2 aromatic rings. The van der Waals surface area contributed by atoms with E-state index in [-0.39, 0.29) is 171 Å². The van der Waals surface area contributed by atoms with Crippen molar-refractivity contribution >= 4 is 17.7 Å². The summed E-state index contributed by atoms with van der Waals surface area (Å²) >= 11 is 0. The van der Waals surface area contributed by atoms with Gasteiger partial charge in [-0.3, -0.25) is 9.12 Å². The van der Waals surface area contributed by atoms with Gasteiger partial charge in [0.2, 0.25) is 0 Å². The molecule has 1 unspecified atom stereocenters. The predicted molar refractivity (Wildman–Crippen MR) is 96.6 cm³/mol. The molecule has 0 aliphatic heterocycles. The predicted octanol–water partition coefficient (Wildman–Crippen LogP) is -5.46. The van der Waals surface area contributed by atoms with Gasteiger partial charge >= 0.3 is 162 Å². The van der Waals surface area contributed by atoms with Gasteiger partial charge in [0.1, 0.15) is 11.5 Å². The summed E-state index contributed by atoms with van der Waals surface area (Å²) < 4.78 is 48.1. The van der Waals surface area contributed by atoms with Crippen LogP contribution >= 0.6 is 7.60 Å². The van der Waals surface area contributed by atoms with Crippen molar-refractivity contribution in [2.24, 2.45) is 0 Å². The number of aryl methyl sites for hydroxylation is 1. The standard InChI is InChI=1S/C16H19O7PS.3K.3H/c17-24(18,19)16(25(20,21)22)11-5-7-13-6-4-10-15(12-13)23-14-8-2-1-3-9-14;;;;;;/h1-4,6,8-10,12,16H,5,7,11H2,(H2,17,18,19)(H,20,21,22);;;;;;/q;3*+1;3*-1. The maximum absolute atomic E-state index is 11.2. The van der Waals surface area contributed by atoms with Crippen LogP contribution in [0.1, 0.15) is 22.7 Å². The molecule has 12 heteroatoms. The molecule has 0 bridgehead atoms. The quantitative estimate of drug-likeness (QED) is 0.186. The van der Waals surface area contributed by atoms with Crippen LogP contribution in [0.25, 0.3) is 0 Å². The van der Waals surface area contributed by atoms with Gasteiger partial charge in [0.05, 0.1) is 0 Å². The first-order chi connectivity index (χ1) is 11.7. The number of para-hydroxylation sites is 1. The Morgan fingerprint density at radius 2 is 1.54 bits per heavy atom. The molecule has 2 rings (SSSR count). The van der Waals surface area contributed by atoms with Crippen LogP contribution < -0.4 is 159 Å². The monoisotopic (exact) mass is 506 g/mol. The zero-order chi connectivity index (χ0) is 18.5. The molecule has 0 saturated heterocycles. The van der Waals surface area contributed by atoms with Crippen molar-refractivity contribution in [2.75, 3.05) is 0 Å². The Bertz CT molecular complexity index is 874. The van der Waals surface area contributed by atoms with Crippen LogP contribution in [0, 0.1) is 0 Å². The first-order valence-corrected chi connectivity index (χ1v) is 10.7. The first kappa shape index (κ1) is 33.4. The largest absolute Gasteiger partial charge is 1.00 e. The topological polar surface area (TPSA) is 121 Å². The summed E-state index contributed by atoms with van der Waals surface area (Å²) in [6.45, 7) is 0. The summed E-state index contributed by atoms with van der Waals surface area (Å²) in [5, 5.41) is 0. The molecular weight excluding hydrogens is 485 g/mol. The molecule has 0 aliphatic rings. The summed E-state index contributed by atoms with van der Waals surface area (Å²) in [5.74, 6) is 1.28. The van der Waals surface area contributed by atoms with Gasteiger partial charge in [0.15, 0.2) is 4.99 Å². The summed E-state index contributed by atoms with van der Waals surface area (Å²) in [4.78, 5) is 16.0. The van der Waals surface area contributed by atoms with E-state index in [4.69, 9.17) is 19.1 Å². The second kappa shape index (κ2) is 15.9. The average Bonchev–Trinajstić information content (AvgIpc) is 2.50. The molecule has 28 heavy (non-hydrogen) atoms. The van der Waals surface area contributed by atoms with Crippen LogP contribution in [0.15, 0.2) is 54.6 Å². The van der Waals surface area contributed by atoms with Gasteiger partial charge in [-0.25, -0.2) is 0 Å². The van der Waals surface area contributed by atoms with Crippen LogP contribution in [-0.2, 0) is 21.1 Å². The van der Waals surface area contributed by atoms with Crippen molar-refractivity contribution in [3.8, 4) is 11.5 Å². The normalized spacial score (nSPS) is 12.0. The van der Waals surface area contributed by atoms with Gasteiger partial charge < -0.3 is 18.8 Å². The summed E-state index contributed by atoms with van der Waals surface area (Å²) in [6, 6.07) is 16.3. The molecule has 0 spiro atoms. The van der Waals surface area contributed by atoms with Gasteiger partial charge in [-0.05, 0) is 49.1 Å². The SMILES string of the molecule is O=P(O)(O)C(CCCc1cccc(Oc2ccccc2)c1)S(=O)(=O)O.[H-].[H-].[H-].[K+].[K+].[K+]. The van der Waals surface area contributed by atoms with Crippen molar-refractivity contribution in [1.82, 2.24) is 0 Å². The average molecular weight is 507 g/mol. The molecule has 142 valence electrons. The van der Waals surface area contributed by atoms with Crippen LogP contribution in [0.5, 0.6) is 11.5 Å². The Morgan fingerprint density at radius 3 is 2.07 bits per heavy atom. The fraction of sp³-hybridized carbons (Fsp3) is 0.250. The molecule has 0 aromatic heterocycles. The van der Waals surface area contributed by atoms with Crippen molar-refractivity contribution in [2.45, 2.75) is 24.3 Å². The first-order valence-electron chi connectivity index (χ1n) is 7.49. The van der Waals surface area contributed by atoms with Gasteiger partial charge in [0, 0.05) is 0 Å². The summed E-state index contributed by atoms with van der Waals surface area (Å²) in [6.07, 6.45) is 0.231. The second-order valence-corrected chi connectivity index (χ2v) is 9.26. The zero-order valence-corrected chi connectivity index (χ0v) is 27.3. The molecule has 0 radical (unpaired) electrons. The van der Waals surface area contributed by atoms with E-state index in [9.17, 15) is 13.0 Å². The third kappa shape index (κ3) is 12.4. The Hall–Kier alpha value is 3.21. The second-order valence-electron chi connectivity index (χ2n) is 5.51. The molecule has 0 saturated carbocycles. The van der Waals surface area contributed by atoms with Crippen LogP contribution in [0.3, 0.4) is 0 Å². The minimum absolute atomic E-state index is 0. The van der Waals surface area contributed by atoms with E-state index in [0.717, 1.165) is 5.56 Å². The van der Waals surface area contributed by atoms with Crippen molar-refractivity contribution in [3.63, 3.8) is 0 Å². The number of hydrogen-bond donors (Lipinski definition) is 3. The summed E-state index contributed by atoms with van der Waals surface area (Å²) in [5.41, 5.74) is 0.827. The van der Waals surface area contributed by atoms with E-state index in [2.05, 4.69) is 0 Å². The molecule has 0 aliphatic carbocycles. The molecule has 1 atom stereocenters. The third-order valence-electron chi connectivity index (χ3n) is 3.51. The Balaban J connectivity index is -0.000000376. The van der Waals surface area contributed by atoms with E-state index < -0.39 is 22.7 Å². The van der Waals surface area contributed by atoms with Gasteiger partial charge in [-0.2, -0.15) is 8.42 Å². The maximum atomic E-state index is 11.2. The van der Waals surface area contributed by atoms with Gasteiger partial charge in [-0.1, -0.05) is 30.3 Å². The molecule has 2 aromatic carbocycles. The van der Waals surface area contributed by atoms with E-state index >= 15 is 0 Å². The fourth-order valence-electron chi connectivity index (χ4n) is 2.36. The maximum Gasteiger partial charge on any atom is 1.00 e. The molecule has 7 nitrogen and oxygen atoms in total. The Kier molecular flexibility index (Phi) is 19.0. The Morgan fingerprint density at radius 1 is 0.964 bits per heavy atom. The summed E-state index contributed by atoms with van der Waals surface area (Å²) in [7, 11) is -9.75. The van der Waals surface area contributed by atoms with E-state index in [1.807, 2.05) is 30.3 Å². The molecule has 0 heterocycles. The molecular formula is C16H22K3O7PS. The Labute approximate surface area is 297 Å². The van der Waals surface area contributed by atoms with Crippen LogP contribution in [0.4, 0.5) is 0 Å². The molecule has 0 amide bonds. The van der Waals surface area contributed by atoms with Crippen molar-refractivity contribution in [1.29, 1.82) is 0 Å². The van der Waals surface area contributed by atoms with E-state index in [1.165, 1.54) is 0 Å². The third-order valence-corrected chi connectivity index (χ3v) is 7.07. The minimum atomic E-state index is -4.94. The number of rotatable bonds is 8. The molecule has 3 N–H and O–H groups in total. The van der Waals surface area contributed by atoms with Gasteiger partial charge in [-0.15, -0.1) is 0 Å². The van der Waals surface area contributed by atoms with Gasteiger partial charge in [0.25, 0.3) is 10.1 Å². The van der Waals surface area contributed by atoms with Crippen LogP contribution in [-0.4, -0.2) is 27.7 Å². The number of hydrogen-bond acceptors (Lipinski definition) is 4. The smallest absolute Gasteiger partial charge is 1.00 e.